The largest absolute Gasteiger partial charge is 0.374 e. The van der Waals surface area contributed by atoms with E-state index in [-0.39, 0.29) is 5.60 Å². The molecule has 0 heterocycles. The van der Waals surface area contributed by atoms with Crippen molar-refractivity contribution in [1.82, 2.24) is 0 Å². The number of hydrogen-bond donors (Lipinski definition) is 0. The number of rotatable bonds is 2. The fourth-order valence-corrected chi connectivity index (χ4v) is 2.70. The molecule has 0 bridgehead atoms. The van der Waals surface area contributed by atoms with E-state index in [1.807, 2.05) is 13.2 Å². The van der Waals surface area contributed by atoms with Crippen LogP contribution in [0.15, 0.2) is 12.7 Å². The van der Waals surface area contributed by atoms with Gasteiger partial charge in [0.1, 0.15) is 0 Å². The van der Waals surface area contributed by atoms with Crippen LogP contribution in [0.5, 0.6) is 0 Å². The van der Waals surface area contributed by atoms with Gasteiger partial charge in [0.05, 0.1) is 5.60 Å². The van der Waals surface area contributed by atoms with E-state index in [4.69, 9.17) is 4.74 Å². The van der Waals surface area contributed by atoms with Gasteiger partial charge < -0.3 is 4.74 Å². The minimum absolute atomic E-state index is 0.0286. The molecule has 0 unspecified atom stereocenters. The van der Waals surface area contributed by atoms with Gasteiger partial charge in [-0.05, 0) is 12.8 Å². The van der Waals surface area contributed by atoms with Crippen LogP contribution in [0, 0.1) is 0 Å². The Bertz CT molecular complexity index is 174. The fraction of sp³-hybridized carbons (Fsp3) is 0.867. The van der Waals surface area contributed by atoms with Crippen molar-refractivity contribution < 1.29 is 4.74 Å². The van der Waals surface area contributed by atoms with Crippen molar-refractivity contribution in [3.05, 3.63) is 12.7 Å². The predicted octanol–water partition coefficient (Wildman–Crippen LogP) is 4.86. The van der Waals surface area contributed by atoms with E-state index >= 15 is 0 Å². The van der Waals surface area contributed by atoms with Gasteiger partial charge >= 0.3 is 0 Å². The highest BCUT2D eigenvalue weighted by Gasteiger charge is 2.24. The summed E-state index contributed by atoms with van der Waals surface area (Å²) in [4.78, 5) is 0. The lowest BCUT2D eigenvalue weighted by Gasteiger charge is -2.29. The van der Waals surface area contributed by atoms with Crippen LogP contribution in [-0.4, -0.2) is 12.7 Å². The van der Waals surface area contributed by atoms with Gasteiger partial charge in [-0.2, -0.15) is 0 Å². The average Bonchev–Trinajstić information content (AvgIpc) is 2.31. The first-order valence-corrected chi connectivity index (χ1v) is 7.02. The Morgan fingerprint density at radius 2 is 1.19 bits per heavy atom. The molecule has 0 saturated heterocycles. The van der Waals surface area contributed by atoms with Crippen LogP contribution < -0.4 is 0 Å². The molecule has 0 radical (unpaired) electrons. The predicted molar refractivity (Wildman–Crippen MR) is 70.7 cm³/mol. The Morgan fingerprint density at radius 1 is 0.812 bits per heavy atom. The quantitative estimate of drug-likeness (QED) is 0.608. The Labute approximate surface area is 101 Å². The lowest BCUT2D eigenvalue weighted by atomic mass is 9.88. The fourth-order valence-electron chi connectivity index (χ4n) is 2.70. The van der Waals surface area contributed by atoms with Gasteiger partial charge in [-0.15, -0.1) is 6.58 Å². The zero-order valence-electron chi connectivity index (χ0n) is 11.0. The summed E-state index contributed by atoms with van der Waals surface area (Å²) in [7, 11) is 1.84. The van der Waals surface area contributed by atoms with Gasteiger partial charge in [-0.25, -0.2) is 0 Å². The topological polar surface area (TPSA) is 9.23 Å². The van der Waals surface area contributed by atoms with Crippen LogP contribution >= 0.6 is 0 Å². The molecule has 0 aromatic carbocycles. The first-order chi connectivity index (χ1) is 7.83. The van der Waals surface area contributed by atoms with Gasteiger partial charge in [-0.3, -0.25) is 0 Å². The molecular formula is C15H28O. The van der Waals surface area contributed by atoms with Crippen molar-refractivity contribution in [2.75, 3.05) is 7.11 Å². The van der Waals surface area contributed by atoms with E-state index in [1.165, 1.54) is 57.8 Å². The van der Waals surface area contributed by atoms with Crippen LogP contribution in [0.2, 0.25) is 0 Å². The van der Waals surface area contributed by atoms with Crippen LogP contribution in [0.1, 0.15) is 70.6 Å². The van der Waals surface area contributed by atoms with Crippen molar-refractivity contribution in [2.24, 2.45) is 0 Å². The van der Waals surface area contributed by atoms with Crippen molar-refractivity contribution in [3.8, 4) is 0 Å². The molecule has 0 aromatic heterocycles. The maximum Gasteiger partial charge on any atom is 0.0856 e. The highest BCUT2D eigenvalue weighted by molar-refractivity contribution is 4.97. The highest BCUT2D eigenvalue weighted by Crippen LogP contribution is 2.28. The molecule has 1 fully saturated rings. The molecule has 0 spiro atoms. The molecule has 16 heavy (non-hydrogen) atoms. The summed E-state index contributed by atoms with van der Waals surface area (Å²) < 4.78 is 5.71. The van der Waals surface area contributed by atoms with E-state index in [9.17, 15) is 0 Å². The number of methoxy groups -OCH3 is 1. The van der Waals surface area contributed by atoms with E-state index in [0.717, 1.165) is 12.8 Å². The van der Waals surface area contributed by atoms with Gasteiger partial charge in [0.15, 0.2) is 0 Å². The molecule has 1 nitrogen and oxygen atoms in total. The lowest BCUT2D eigenvalue weighted by molar-refractivity contribution is 0.0136. The van der Waals surface area contributed by atoms with Crippen molar-refractivity contribution in [1.29, 1.82) is 0 Å². The number of hydrogen-bond acceptors (Lipinski definition) is 1. The zero-order valence-corrected chi connectivity index (χ0v) is 11.0. The summed E-state index contributed by atoms with van der Waals surface area (Å²) in [6.45, 7) is 3.97. The minimum atomic E-state index is -0.0286. The summed E-state index contributed by atoms with van der Waals surface area (Å²) in [6.07, 6.45) is 16.8. The molecule has 1 rings (SSSR count). The Balaban J connectivity index is 2.44. The summed E-state index contributed by atoms with van der Waals surface area (Å²) in [5.41, 5.74) is -0.0286. The van der Waals surface area contributed by atoms with Crippen molar-refractivity contribution in [2.45, 2.75) is 76.2 Å². The van der Waals surface area contributed by atoms with Gasteiger partial charge in [0, 0.05) is 7.11 Å². The van der Waals surface area contributed by atoms with Crippen molar-refractivity contribution >= 4 is 0 Å². The third-order valence-corrected chi connectivity index (χ3v) is 3.98. The normalized spacial score (nSPS) is 24.1. The van der Waals surface area contributed by atoms with Crippen LogP contribution in [0.3, 0.4) is 0 Å². The van der Waals surface area contributed by atoms with Gasteiger partial charge in [0.25, 0.3) is 0 Å². The molecule has 1 aliphatic carbocycles. The van der Waals surface area contributed by atoms with Crippen LogP contribution in [0.4, 0.5) is 0 Å². The molecule has 1 saturated carbocycles. The molecule has 0 aliphatic heterocycles. The molecule has 94 valence electrons. The van der Waals surface area contributed by atoms with Crippen LogP contribution in [0.25, 0.3) is 0 Å². The van der Waals surface area contributed by atoms with E-state index in [0.29, 0.717) is 0 Å². The highest BCUT2D eigenvalue weighted by atomic mass is 16.5. The Kier molecular flexibility index (Phi) is 6.79. The number of ether oxygens (including phenoxy) is 1. The molecule has 1 heteroatoms. The summed E-state index contributed by atoms with van der Waals surface area (Å²) in [5, 5.41) is 0. The van der Waals surface area contributed by atoms with Gasteiger partial charge in [0.2, 0.25) is 0 Å². The third-order valence-electron chi connectivity index (χ3n) is 3.98. The molecule has 0 aromatic rings. The summed E-state index contributed by atoms with van der Waals surface area (Å²) >= 11 is 0. The van der Waals surface area contributed by atoms with E-state index in [2.05, 4.69) is 6.58 Å². The maximum atomic E-state index is 5.71. The molecule has 0 N–H and O–H groups in total. The minimum Gasteiger partial charge on any atom is -0.374 e. The Morgan fingerprint density at radius 3 is 1.50 bits per heavy atom. The first-order valence-electron chi connectivity index (χ1n) is 7.02. The average molecular weight is 224 g/mol. The lowest BCUT2D eigenvalue weighted by Crippen LogP contribution is -2.28. The molecule has 0 atom stereocenters. The second kappa shape index (κ2) is 7.89. The molecule has 0 amide bonds. The van der Waals surface area contributed by atoms with Crippen molar-refractivity contribution in [3.63, 3.8) is 0 Å². The van der Waals surface area contributed by atoms with E-state index < -0.39 is 0 Å². The second-order valence-corrected chi connectivity index (χ2v) is 5.16. The second-order valence-electron chi connectivity index (χ2n) is 5.16. The Hall–Kier alpha value is -0.300. The summed E-state index contributed by atoms with van der Waals surface area (Å²) in [5.74, 6) is 0. The smallest absolute Gasteiger partial charge is 0.0856 e. The third kappa shape index (κ3) is 4.69. The maximum absolute atomic E-state index is 5.71. The monoisotopic (exact) mass is 224 g/mol. The summed E-state index contributed by atoms with van der Waals surface area (Å²) in [6, 6.07) is 0. The molecular weight excluding hydrogens is 196 g/mol. The van der Waals surface area contributed by atoms with E-state index in [1.54, 1.807) is 0 Å². The first kappa shape index (κ1) is 13.8. The van der Waals surface area contributed by atoms with Crippen LogP contribution in [-0.2, 0) is 4.74 Å². The zero-order chi connectivity index (χ0) is 11.7. The SMILES string of the molecule is C=CC1(OC)CCCCCCCCCCC1. The molecule has 1 aliphatic rings. The van der Waals surface area contributed by atoms with Gasteiger partial charge in [-0.1, -0.05) is 63.9 Å². The standard InChI is InChI=1S/C15H28O/c1-3-15(16-2)13-11-9-7-5-4-6-8-10-12-14-15/h3H,1,4-14H2,2H3.